The summed E-state index contributed by atoms with van der Waals surface area (Å²) in [5.41, 5.74) is 4.57. The van der Waals surface area contributed by atoms with Gasteiger partial charge in [0.25, 0.3) is 0 Å². The molecule has 0 aliphatic carbocycles. The summed E-state index contributed by atoms with van der Waals surface area (Å²) in [6.45, 7) is 8.49. The van der Waals surface area contributed by atoms with Gasteiger partial charge in [-0.25, -0.2) is 9.78 Å². The van der Waals surface area contributed by atoms with Gasteiger partial charge in [-0.05, 0) is 56.4 Å². The highest BCUT2D eigenvalue weighted by atomic mass is 32.1. The number of hydrogen-bond donors (Lipinski definition) is 1. The fourth-order valence-electron chi connectivity index (χ4n) is 3.32. The Bertz CT molecular complexity index is 1110. The van der Waals surface area contributed by atoms with Crippen molar-refractivity contribution < 1.29 is 18.8 Å². The molecule has 1 amide bonds. The zero-order chi connectivity index (χ0) is 22.8. The second-order valence-electron chi connectivity index (χ2n) is 8.80. The summed E-state index contributed by atoms with van der Waals surface area (Å²) in [6, 6.07) is 15.6. The lowest BCUT2D eigenvalue weighted by Crippen LogP contribution is -2.41. The van der Waals surface area contributed by atoms with E-state index in [1.54, 1.807) is 11.3 Å². The lowest BCUT2D eigenvalue weighted by molar-refractivity contribution is 0.00578. The number of fused-ring (bicyclic) bond motifs is 1. The zero-order valence-electron chi connectivity index (χ0n) is 18.8. The van der Waals surface area contributed by atoms with Crippen molar-refractivity contribution in [3.05, 3.63) is 70.6 Å². The Labute approximate surface area is 192 Å². The molecule has 0 atom stereocenters. The van der Waals surface area contributed by atoms with Crippen LogP contribution in [0.1, 0.15) is 38.8 Å². The SMILES string of the molecule is CC1(C)OB(C(=Cc2ccc3ncsc3c2)CNC(=O)OCc2ccccc2)OC1(C)C. The van der Waals surface area contributed by atoms with Gasteiger partial charge in [0.2, 0.25) is 0 Å². The lowest BCUT2D eigenvalue weighted by Gasteiger charge is -2.32. The molecule has 1 aliphatic heterocycles. The van der Waals surface area contributed by atoms with Crippen LogP contribution in [0.3, 0.4) is 0 Å². The highest BCUT2D eigenvalue weighted by Gasteiger charge is 2.52. The van der Waals surface area contributed by atoms with Gasteiger partial charge >= 0.3 is 13.2 Å². The van der Waals surface area contributed by atoms with Crippen LogP contribution in [0.2, 0.25) is 0 Å². The minimum Gasteiger partial charge on any atom is -0.445 e. The van der Waals surface area contributed by atoms with Gasteiger partial charge in [-0.2, -0.15) is 0 Å². The Morgan fingerprint density at radius 3 is 2.56 bits per heavy atom. The van der Waals surface area contributed by atoms with Gasteiger partial charge in [0, 0.05) is 6.54 Å². The summed E-state index contributed by atoms with van der Waals surface area (Å²) in [6.07, 6.45) is 1.51. The van der Waals surface area contributed by atoms with Crippen molar-refractivity contribution in [1.82, 2.24) is 10.3 Å². The van der Waals surface area contributed by atoms with Crippen LogP contribution < -0.4 is 5.32 Å². The van der Waals surface area contributed by atoms with Crippen LogP contribution in [0.4, 0.5) is 4.79 Å². The van der Waals surface area contributed by atoms with E-state index in [4.69, 9.17) is 14.0 Å². The van der Waals surface area contributed by atoms with Crippen molar-refractivity contribution >= 4 is 40.8 Å². The van der Waals surface area contributed by atoms with Gasteiger partial charge in [0.15, 0.2) is 0 Å². The van der Waals surface area contributed by atoms with Crippen molar-refractivity contribution in [2.45, 2.75) is 45.5 Å². The first kappa shape index (κ1) is 22.5. The van der Waals surface area contributed by atoms with E-state index in [0.717, 1.165) is 26.8 Å². The lowest BCUT2D eigenvalue weighted by atomic mass is 9.77. The minimum absolute atomic E-state index is 0.213. The topological polar surface area (TPSA) is 69.7 Å². The largest absolute Gasteiger partial charge is 0.492 e. The average molecular weight is 450 g/mol. The van der Waals surface area contributed by atoms with E-state index in [1.807, 2.05) is 81.7 Å². The Kier molecular flexibility index (Phi) is 6.37. The van der Waals surface area contributed by atoms with E-state index in [0.29, 0.717) is 0 Å². The molecule has 0 radical (unpaired) electrons. The van der Waals surface area contributed by atoms with E-state index in [2.05, 4.69) is 16.4 Å². The molecule has 1 fully saturated rings. The Balaban J connectivity index is 1.50. The Morgan fingerprint density at radius 1 is 1.12 bits per heavy atom. The van der Waals surface area contributed by atoms with Crippen LogP contribution in [-0.4, -0.2) is 35.9 Å². The second-order valence-corrected chi connectivity index (χ2v) is 9.69. The molecule has 1 N–H and O–H groups in total. The summed E-state index contributed by atoms with van der Waals surface area (Å²) in [4.78, 5) is 16.7. The number of carbonyl (C=O) groups excluding carboxylic acids is 1. The van der Waals surface area contributed by atoms with E-state index < -0.39 is 24.4 Å². The molecule has 3 aromatic rings. The van der Waals surface area contributed by atoms with Gasteiger partial charge in [-0.15, -0.1) is 11.3 Å². The highest BCUT2D eigenvalue weighted by molar-refractivity contribution is 7.16. The van der Waals surface area contributed by atoms with Gasteiger partial charge in [0.05, 0.1) is 26.9 Å². The molecule has 1 saturated heterocycles. The van der Waals surface area contributed by atoms with Crippen LogP contribution >= 0.6 is 11.3 Å². The minimum atomic E-state index is -0.577. The summed E-state index contributed by atoms with van der Waals surface area (Å²) >= 11 is 1.59. The molecule has 0 saturated carbocycles. The third kappa shape index (κ3) is 5.04. The average Bonchev–Trinajstić information content (AvgIpc) is 3.31. The van der Waals surface area contributed by atoms with E-state index in [-0.39, 0.29) is 13.2 Å². The van der Waals surface area contributed by atoms with E-state index >= 15 is 0 Å². The number of aromatic nitrogens is 1. The van der Waals surface area contributed by atoms with Crippen LogP contribution in [0.25, 0.3) is 16.3 Å². The number of carbonyl (C=O) groups is 1. The number of amides is 1. The fourth-order valence-corrected chi connectivity index (χ4v) is 4.05. The fraction of sp³-hybridized carbons (Fsp3) is 0.333. The third-order valence-electron chi connectivity index (χ3n) is 5.91. The first-order valence-electron chi connectivity index (χ1n) is 10.6. The van der Waals surface area contributed by atoms with Crippen LogP contribution in [-0.2, 0) is 20.7 Å². The van der Waals surface area contributed by atoms with Crippen molar-refractivity contribution in [1.29, 1.82) is 0 Å². The molecule has 8 heteroatoms. The van der Waals surface area contributed by atoms with Crippen molar-refractivity contribution in [2.24, 2.45) is 0 Å². The molecule has 166 valence electrons. The first-order chi connectivity index (χ1) is 15.2. The number of hydrogen-bond acceptors (Lipinski definition) is 6. The maximum absolute atomic E-state index is 12.3. The molecular weight excluding hydrogens is 423 g/mol. The maximum atomic E-state index is 12.3. The number of ether oxygens (including phenoxy) is 1. The first-order valence-corrected chi connectivity index (χ1v) is 11.5. The Morgan fingerprint density at radius 2 is 1.84 bits per heavy atom. The molecule has 1 aliphatic rings. The molecule has 32 heavy (non-hydrogen) atoms. The summed E-state index contributed by atoms with van der Waals surface area (Å²) in [5.74, 6) is 0. The van der Waals surface area contributed by atoms with Crippen LogP contribution in [0.5, 0.6) is 0 Å². The predicted molar refractivity (Wildman–Crippen MR) is 128 cm³/mol. The highest BCUT2D eigenvalue weighted by Crippen LogP contribution is 2.38. The monoisotopic (exact) mass is 450 g/mol. The van der Waals surface area contributed by atoms with Gasteiger partial charge in [0.1, 0.15) is 6.61 Å². The molecular formula is C24H27BN2O4S. The number of alkyl carbamates (subject to hydrolysis) is 1. The molecule has 2 heterocycles. The number of rotatable bonds is 6. The van der Waals surface area contributed by atoms with Crippen LogP contribution in [0, 0.1) is 0 Å². The standard InChI is InChI=1S/C24H27BN2O4S/c1-23(2)24(3,4)31-25(30-23)19(12-18-10-11-20-21(13-18)32-16-27-20)14-26-22(28)29-15-17-8-6-5-7-9-17/h5-13,16H,14-15H2,1-4H3,(H,26,28). The normalized spacial score (nSPS) is 17.5. The summed E-state index contributed by atoms with van der Waals surface area (Å²) in [5, 5.41) is 2.84. The second kappa shape index (κ2) is 9.06. The van der Waals surface area contributed by atoms with E-state index in [9.17, 15) is 4.79 Å². The van der Waals surface area contributed by atoms with Crippen molar-refractivity contribution in [3.8, 4) is 0 Å². The van der Waals surface area contributed by atoms with E-state index in [1.165, 1.54) is 0 Å². The number of thiazole rings is 1. The summed E-state index contributed by atoms with van der Waals surface area (Å²) in [7, 11) is -0.577. The molecule has 0 spiro atoms. The maximum Gasteiger partial charge on any atom is 0.492 e. The molecule has 4 rings (SSSR count). The van der Waals surface area contributed by atoms with Gasteiger partial charge < -0.3 is 19.4 Å². The van der Waals surface area contributed by atoms with Crippen molar-refractivity contribution in [3.63, 3.8) is 0 Å². The number of nitrogens with one attached hydrogen (secondary N) is 1. The molecule has 1 aromatic heterocycles. The molecule has 0 unspecified atom stereocenters. The summed E-state index contributed by atoms with van der Waals surface area (Å²) < 4.78 is 18.9. The van der Waals surface area contributed by atoms with Crippen molar-refractivity contribution in [2.75, 3.05) is 6.54 Å². The smallest absolute Gasteiger partial charge is 0.445 e. The zero-order valence-corrected chi connectivity index (χ0v) is 19.6. The number of benzene rings is 2. The molecule has 2 aromatic carbocycles. The molecule has 6 nitrogen and oxygen atoms in total. The predicted octanol–water partition coefficient (Wildman–Crippen LogP) is 5.24. The quantitative estimate of drug-likeness (QED) is 0.521. The van der Waals surface area contributed by atoms with Gasteiger partial charge in [-0.1, -0.05) is 42.5 Å². The van der Waals surface area contributed by atoms with Gasteiger partial charge in [-0.3, -0.25) is 0 Å². The Hall–Kier alpha value is -2.68. The molecule has 0 bridgehead atoms. The third-order valence-corrected chi connectivity index (χ3v) is 6.70. The number of nitrogens with zero attached hydrogens (tertiary/aromatic N) is 1. The van der Waals surface area contributed by atoms with Crippen LogP contribution in [0.15, 0.2) is 59.5 Å².